The second kappa shape index (κ2) is 7.93. The number of fused-ring (bicyclic) bond motifs is 2. The van der Waals surface area contributed by atoms with E-state index in [0.717, 1.165) is 12.1 Å². The van der Waals surface area contributed by atoms with E-state index in [1.54, 1.807) is 26.0 Å². The molecule has 3 unspecified atom stereocenters. The van der Waals surface area contributed by atoms with Crippen LogP contribution in [0.25, 0.3) is 0 Å². The molecule has 182 valence electrons. The SMILES string of the molecule is CC1c2ccc(C(F)(F)F)cc2CN1C(=O)c1ccc2c(c1)C(C)N(C1CCC(=O)NC1=O)C2=O. The Bertz CT molecular complexity index is 1290. The highest BCUT2D eigenvalue weighted by Crippen LogP contribution is 2.40. The summed E-state index contributed by atoms with van der Waals surface area (Å²) in [6.45, 7) is 3.57. The minimum Gasteiger partial charge on any atom is -0.328 e. The summed E-state index contributed by atoms with van der Waals surface area (Å²) in [4.78, 5) is 53.2. The Hall–Kier alpha value is -3.69. The van der Waals surface area contributed by atoms with Gasteiger partial charge in [0.15, 0.2) is 0 Å². The average molecular weight is 485 g/mol. The van der Waals surface area contributed by atoms with Gasteiger partial charge in [0.2, 0.25) is 11.8 Å². The van der Waals surface area contributed by atoms with Gasteiger partial charge in [0.05, 0.1) is 17.6 Å². The molecule has 0 saturated carbocycles. The molecule has 35 heavy (non-hydrogen) atoms. The van der Waals surface area contributed by atoms with Crippen molar-refractivity contribution in [3.63, 3.8) is 0 Å². The lowest BCUT2D eigenvalue weighted by molar-refractivity contribution is -0.138. The maximum absolute atomic E-state index is 13.4. The summed E-state index contributed by atoms with van der Waals surface area (Å²) in [6, 6.07) is 6.53. The van der Waals surface area contributed by atoms with Gasteiger partial charge in [0.25, 0.3) is 11.8 Å². The molecule has 2 aromatic rings. The van der Waals surface area contributed by atoms with E-state index in [9.17, 15) is 32.3 Å². The van der Waals surface area contributed by atoms with Gasteiger partial charge in [0.1, 0.15) is 6.04 Å². The van der Waals surface area contributed by atoms with Gasteiger partial charge >= 0.3 is 6.18 Å². The Labute approximate surface area is 198 Å². The van der Waals surface area contributed by atoms with Crippen LogP contribution in [0.4, 0.5) is 13.2 Å². The number of carbonyl (C=O) groups is 4. The van der Waals surface area contributed by atoms with Crippen molar-refractivity contribution in [1.29, 1.82) is 0 Å². The number of nitrogens with zero attached hydrogens (tertiary/aromatic N) is 2. The summed E-state index contributed by atoms with van der Waals surface area (Å²) in [5.74, 6) is -1.60. The van der Waals surface area contributed by atoms with Crippen LogP contribution in [0.1, 0.15) is 81.7 Å². The second-order valence-electron chi connectivity index (χ2n) is 9.18. The first-order valence-corrected chi connectivity index (χ1v) is 11.3. The van der Waals surface area contributed by atoms with Crippen molar-refractivity contribution >= 4 is 23.6 Å². The van der Waals surface area contributed by atoms with Gasteiger partial charge in [-0.05, 0) is 67.3 Å². The monoisotopic (exact) mass is 485 g/mol. The van der Waals surface area contributed by atoms with E-state index in [-0.39, 0.29) is 37.1 Å². The lowest BCUT2D eigenvalue weighted by Crippen LogP contribution is -2.53. The molecule has 0 bridgehead atoms. The normalized spacial score (nSPS) is 23.9. The largest absolute Gasteiger partial charge is 0.416 e. The number of imide groups is 1. The predicted molar refractivity (Wildman–Crippen MR) is 117 cm³/mol. The summed E-state index contributed by atoms with van der Waals surface area (Å²) in [5, 5.41) is 2.26. The van der Waals surface area contributed by atoms with E-state index in [2.05, 4.69) is 5.32 Å². The molecule has 1 fully saturated rings. The zero-order valence-corrected chi connectivity index (χ0v) is 19.0. The molecule has 3 atom stereocenters. The predicted octanol–water partition coefficient (Wildman–Crippen LogP) is 3.74. The zero-order chi connectivity index (χ0) is 25.2. The first-order chi connectivity index (χ1) is 16.5. The van der Waals surface area contributed by atoms with E-state index in [1.165, 1.54) is 21.9 Å². The number of nitrogens with one attached hydrogen (secondary N) is 1. The minimum absolute atomic E-state index is 0.0488. The summed E-state index contributed by atoms with van der Waals surface area (Å²) in [7, 11) is 0. The van der Waals surface area contributed by atoms with Crippen LogP contribution in [-0.2, 0) is 22.3 Å². The first kappa shape index (κ1) is 23.1. The van der Waals surface area contributed by atoms with Gasteiger partial charge in [-0.2, -0.15) is 13.2 Å². The number of hydrogen-bond acceptors (Lipinski definition) is 4. The lowest BCUT2D eigenvalue weighted by atomic mass is 10.00. The molecule has 1 saturated heterocycles. The van der Waals surface area contributed by atoms with Crippen LogP contribution < -0.4 is 5.32 Å². The van der Waals surface area contributed by atoms with E-state index >= 15 is 0 Å². The quantitative estimate of drug-likeness (QED) is 0.657. The molecule has 4 amide bonds. The number of piperidine rings is 1. The average Bonchev–Trinajstić information content (AvgIpc) is 3.26. The van der Waals surface area contributed by atoms with Crippen LogP contribution in [0.15, 0.2) is 36.4 Å². The molecule has 2 aromatic carbocycles. The summed E-state index contributed by atoms with van der Waals surface area (Å²) < 4.78 is 39.4. The third-order valence-corrected chi connectivity index (χ3v) is 7.17. The molecule has 10 heteroatoms. The number of halogens is 3. The van der Waals surface area contributed by atoms with Crippen LogP contribution in [0, 0.1) is 0 Å². The fraction of sp³-hybridized carbons (Fsp3) is 0.360. The lowest BCUT2D eigenvalue weighted by Gasteiger charge is -2.32. The van der Waals surface area contributed by atoms with Gasteiger partial charge in [-0.1, -0.05) is 6.07 Å². The van der Waals surface area contributed by atoms with E-state index in [1.807, 2.05) is 0 Å². The summed E-state index contributed by atoms with van der Waals surface area (Å²) in [5.41, 5.74) is 1.65. The minimum atomic E-state index is -4.47. The van der Waals surface area contributed by atoms with Crippen molar-refractivity contribution in [3.8, 4) is 0 Å². The highest BCUT2D eigenvalue weighted by molar-refractivity contribution is 6.06. The molecule has 0 aromatic heterocycles. The Morgan fingerprint density at radius 2 is 1.74 bits per heavy atom. The Balaban J connectivity index is 1.40. The fourth-order valence-corrected chi connectivity index (χ4v) is 5.29. The topological polar surface area (TPSA) is 86.8 Å². The Morgan fingerprint density at radius 1 is 1.00 bits per heavy atom. The number of benzene rings is 2. The van der Waals surface area contributed by atoms with Crippen LogP contribution in [0.5, 0.6) is 0 Å². The second-order valence-corrected chi connectivity index (χ2v) is 9.18. The van der Waals surface area contributed by atoms with Crippen LogP contribution in [0.3, 0.4) is 0 Å². The maximum Gasteiger partial charge on any atom is 0.416 e. The Morgan fingerprint density at radius 3 is 2.43 bits per heavy atom. The molecule has 1 N–H and O–H groups in total. The number of alkyl halides is 3. The molecule has 3 heterocycles. The van der Waals surface area contributed by atoms with Gasteiger partial charge < -0.3 is 9.80 Å². The molecule has 5 rings (SSSR count). The number of amides is 4. The molecule has 3 aliphatic heterocycles. The highest BCUT2D eigenvalue weighted by atomic mass is 19.4. The van der Waals surface area contributed by atoms with E-state index in [0.29, 0.717) is 27.8 Å². The molecule has 0 aliphatic carbocycles. The van der Waals surface area contributed by atoms with E-state index < -0.39 is 35.8 Å². The molecule has 7 nitrogen and oxygen atoms in total. The molecule has 0 spiro atoms. The van der Waals surface area contributed by atoms with Crippen molar-refractivity contribution in [2.24, 2.45) is 0 Å². The van der Waals surface area contributed by atoms with E-state index in [4.69, 9.17) is 0 Å². The molecule has 3 aliphatic rings. The zero-order valence-electron chi connectivity index (χ0n) is 19.0. The summed E-state index contributed by atoms with van der Waals surface area (Å²) in [6.07, 6.45) is -4.10. The van der Waals surface area contributed by atoms with Crippen molar-refractivity contribution in [2.75, 3.05) is 0 Å². The highest BCUT2D eigenvalue weighted by Gasteiger charge is 2.43. The number of rotatable bonds is 2. The molecular formula is C25H22F3N3O4. The fourth-order valence-electron chi connectivity index (χ4n) is 5.29. The maximum atomic E-state index is 13.4. The smallest absolute Gasteiger partial charge is 0.328 e. The summed E-state index contributed by atoms with van der Waals surface area (Å²) >= 11 is 0. The van der Waals surface area contributed by atoms with Crippen molar-refractivity contribution in [2.45, 2.75) is 57.5 Å². The van der Waals surface area contributed by atoms with Gasteiger partial charge in [0, 0.05) is 24.1 Å². The number of hydrogen-bond donors (Lipinski definition) is 1. The third-order valence-electron chi connectivity index (χ3n) is 7.17. The van der Waals surface area contributed by atoms with Gasteiger partial charge in [-0.25, -0.2) is 0 Å². The third kappa shape index (κ3) is 3.67. The first-order valence-electron chi connectivity index (χ1n) is 11.3. The Kier molecular flexibility index (Phi) is 5.23. The van der Waals surface area contributed by atoms with Gasteiger partial charge in [-0.3, -0.25) is 24.5 Å². The van der Waals surface area contributed by atoms with Crippen LogP contribution in [0.2, 0.25) is 0 Å². The van der Waals surface area contributed by atoms with Crippen molar-refractivity contribution in [1.82, 2.24) is 15.1 Å². The van der Waals surface area contributed by atoms with Crippen LogP contribution >= 0.6 is 0 Å². The van der Waals surface area contributed by atoms with Crippen LogP contribution in [-0.4, -0.2) is 39.5 Å². The number of carbonyl (C=O) groups excluding carboxylic acids is 4. The standard InChI is InChI=1S/C25H22F3N3O4/c1-12-17-6-4-16(25(26,27)28)9-15(17)11-30(12)23(34)14-3-5-18-19(10-14)13(2)31(24(18)35)20-7-8-21(32)29-22(20)33/h3-6,9-10,12-13,20H,7-8,11H2,1-2H3,(H,29,32,33). The molecule has 0 radical (unpaired) electrons. The van der Waals surface area contributed by atoms with Crippen molar-refractivity contribution < 1.29 is 32.3 Å². The molecular weight excluding hydrogens is 463 g/mol. The van der Waals surface area contributed by atoms with Crippen molar-refractivity contribution in [3.05, 3.63) is 69.8 Å². The van der Waals surface area contributed by atoms with Gasteiger partial charge in [-0.15, -0.1) is 0 Å².